The van der Waals surface area contributed by atoms with E-state index >= 15 is 0 Å². The van der Waals surface area contributed by atoms with Gasteiger partial charge in [-0.15, -0.1) is 0 Å². The topological polar surface area (TPSA) is 68.9 Å². The highest BCUT2D eigenvalue weighted by atomic mass is 16.5. The standard InChI is InChI=1S/C26H28O5/c1-17(2)6-5-7-18(3)12-13-30-21-10-8-19(9-11-21)22-16-31-24-15-20(27)14-23(29-4)25(24)26(22)28/h6,8-12,14-16,27H,5,7,13H2,1-4H3. The Balaban J connectivity index is 1.74. The van der Waals surface area contributed by atoms with Crippen molar-refractivity contribution in [2.24, 2.45) is 0 Å². The lowest BCUT2D eigenvalue weighted by Gasteiger charge is -2.08. The summed E-state index contributed by atoms with van der Waals surface area (Å²) in [7, 11) is 1.45. The second-order valence-electron chi connectivity index (χ2n) is 7.71. The van der Waals surface area contributed by atoms with Gasteiger partial charge in [0.1, 0.15) is 41.1 Å². The van der Waals surface area contributed by atoms with Crippen LogP contribution in [0.4, 0.5) is 0 Å². The van der Waals surface area contributed by atoms with Gasteiger partial charge in [-0.25, -0.2) is 0 Å². The van der Waals surface area contributed by atoms with E-state index in [4.69, 9.17) is 13.9 Å². The summed E-state index contributed by atoms with van der Waals surface area (Å²) in [5, 5.41) is 10.1. The third kappa shape index (κ3) is 5.57. The molecule has 0 spiro atoms. The number of hydrogen-bond acceptors (Lipinski definition) is 5. The summed E-state index contributed by atoms with van der Waals surface area (Å²) >= 11 is 0. The molecule has 2 aromatic carbocycles. The number of fused-ring (bicyclic) bond motifs is 1. The van der Waals surface area contributed by atoms with Gasteiger partial charge in [-0.1, -0.05) is 29.4 Å². The number of allylic oxidation sites excluding steroid dienone is 3. The van der Waals surface area contributed by atoms with Crippen molar-refractivity contribution in [3.05, 3.63) is 76.2 Å². The zero-order valence-corrected chi connectivity index (χ0v) is 18.4. The predicted octanol–water partition coefficient (Wildman–Crippen LogP) is 6.25. The van der Waals surface area contributed by atoms with Gasteiger partial charge < -0.3 is 19.0 Å². The van der Waals surface area contributed by atoms with Crippen LogP contribution in [0.25, 0.3) is 22.1 Å². The second kappa shape index (κ2) is 10.0. The Morgan fingerprint density at radius 1 is 1.10 bits per heavy atom. The zero-order chi connectivity index (χ0) is 22.4. The molecule has 1 N–H and O–H groups in total. The first-order valence-electron chi connectivity index (χ1n) is 10.2. The lowest BCUT2D eigenvalue weighted by molar-refractivity contribution is 0.361. The molecule has 0 aliphatic heterocycles. The van der Waals surface area contributed by atoms with Crippen molar-refractivity contribution in [2.75, 3.05) is 13.7 Å². The maximum absolute atomic E-state index is 13.0. The molecule has 0 amide bonds. The van der Waals surface area contributed by atoms with Crippen LogP contribution in [0, 0.1) is 0 Å². The number of phenolic OH excluding ortho intramolecular Hbond substituents is 1. The number of hydrogen-bond donors (Lipinski definition) is 1. The minimum Gasteiger partial charge on any atom is -0.508 e. The predicted molar refractivity (Wildman–Crippen MR) is 124 cm³/mol. The molecule has 0 atom stereocenters. The van der Waals surface area contributed by atoms with E-state index < -0.39 is 0 Å². The third-order valence-corrected chi connectivity index (χ3v) is 4.98. The highest BCUT2D eigenvalue weighted by molar-refractivity contribution is 5.88. The largest absolute Gasteiger partial charge is 0.508 e. The van der Waals surface area contributed by atoms with Gasteiger partial charge in [-0.05, 0) is 57.4 Å². The Hall–Kier alpha value is -3.47. The van der Waals surface area contributed by atoms with E-state index in [-0.39, 0.29) is 22.5 Å². The van der Waals surface area contributed by atoms with Crippen LogP contribution < -0.4 is 14.9 Å². The summed E-state index contributed by atoms with van der Waals surface area (Å²) in [6, 6.07) is 10.1. The molecule has 5 heteroatoms. The fourth-order valence-corrected chi connectivity index (χ4v) is 3.26. The minimum atomic E-state index is -0.221. The molecule has 162 valence electrons. The molecule has 0 aliphatic rings. The summed E-state index contributed by atoms with van der Waals surface area (Å²) in [5.41, 5.74) is 3.81. The first-order chi connectivity index (χ1) is 14.9. The monoisotopic (exact) mass is 420 g/mol. The van der Waals surface area contributed by atoms with Crippen molar-refractivity contribution in [3.8, 4) is 28.4 Å². The maximum Gasteiger partial charge on any atom is 0.204 e. The molecule has 0 saturated carbocycles. The third-order valence-electron chi connectivity index (χ3n) is 4.98. The van der Waals surface area contributed by atoms with E-state index in [1.54, 1.807) is 0 Å². The van der Waals surface area contributed by atoms with Gasteiger partial charge in [0, 0.05) is 12.1 Å². The van der Waals surface area contributed by atoms with E-state index in [1.165, 1.54) is 36.7 Å². The van der Waals surface area contributed by atoms with Gasteiger partial charge in [0.05, 0.1) is 12.7 Å². The Bertz CT molecular complexity index is 1160. The fraction of sp³-hybridized carbons (Fsp3) is 0.269. The van der Waals surface area contributed by atoms with Gasteiger partial charge >= 0.3 is 0 Å². The summed E-state index contributed by atoms with van der Waals surface area (Å²) in [6.45, 7) is 6.82. The normalized spacial score (nSPS) is 11.4. The van der Waals surface area contributed by atoms with Crippen molar-refractivity contribution in [1.29, 1.82) is 0 Å². The summed E-state index contributed by atoms with van der Waals surface area (Å²) in [6.07, 6.45) is 7.79. The van der Waals surface area contributed by atoms with Crippen LogP contribution >= 0.6 is 0 Å². The molecule has 0 radical (unpaired) electrons. The zero-order valence-electron chi connectivity index (χ0n) is 18.4. The van der Waals surface area contributed by atoms with Crippen molar-refractivity contribution >= 4 is 11.0 Å². The lowest BCUT2D eigenvalue weighted by atomic mass is 10.0. The molecule has 0 unspecified atom stereocenters. The molecule has 0 fully saturated rings. The molecule has 3 aromatic rings. The fourth-order valence-electron chi connectivity index (χ4n) is 3.26. The van der Waals surface area contributed by atoms with Crippen LogP contribution in [-0.2, 0) is 0 Å². The molecule has 0 saturated heterocycles. The van der Waals surface area contributed by atoms with Crippen LogP contribution in [0.15, 0.2) is 75.2 Å². The second-order valence-corrected chi connectivity index (χ2v) is 7.71. The maximum atomic E-state index is 13.0. The number of ether oxygens (including phenoxy) is 2. The quantitative estimate of drug-likeness (QED) is 0.437. The number of methoxy groups -OCH3 is 1. The van der Waals surface area contributed by atoms with Gasteiger partial charge in [0.25, 0.3) is 0 Å². The van der Waals surface area contributed by atoms with Crippen LogP contribution in [0.3, 0.4) is 0 Å². The molecule has 0 aliphatic carbocycles. The van der Waals surface area contributed by atoms with E-state index in [0.29, 0.717) is 23.1 Å². The van der Waals surface area contributed by atoms with Crippen molar-refractivity contribution in [3.63, 3.8) is 0 Å². The van der Waals surface area contributed by atoms with Crippen molar-refractivity contribution in [1.82, 2.24) is 0 Å². The number of rotatable bonds is 8. The van der Waals surface area contributed by atoms with Crippen LogP contribution in [-0.4, -0.2) is 18.8 Å². The van der Waals surface area contributed by atoms with Gasteiger partial charge in [0.15, 0.2) is 0 Å². The molecule has 31 heavy (non-hydrogen) atoms. The smallest absolute Gasteiger partial charge is 0.204 e. The van der Waals surface area contributed by atoms with Gasteiger partial charge in [0.2, 0.25) is 5.43 Å². The van der Waals surface area contributed by atoms with Crippen LogP contribution in [0.2, 0.25) is 0 Å². The average molecular weight is 421 g/mol. The first kappa shape index (κ1) is 22.2. The van der Waals surface area contributed by atoms with Gasteiger partial charge in [-0.3, -0.25) is 4.79 Å². The molecule has 5 nitrogen and oxygen atoms in total. The van der Waals surface area contributed by atoms with E-state index in [1.807, 2.05) is 24.3 Å². The number of benzene rings is 2. The first-order valence-corrected chi connectivity index (χ1v) is 10.2. The van der Waals surface area contributed by atoms with Crippen molar-refractivity contribution < 1.29 is 19.0 Å². The molecular formula is C26H28O5. The van der Waals surface area contributed by atoms with Crippen molar-refractivity contribution in [2.45, 2.75) is 33.6 Å². The van der Waals surface area contributed by atoms with E-state index in [2.05, 4.69) is 32.9 Å². The van der Waals surface area contributed by atoms with E-state index in [0.717, 1.165) is 18.6 Å². The minimum absolute atomic E-state index is 0.0250. The Kier molecular flexibility index (Phi) is 7.19. The average Bonchev–Trinajstić information content (AvgIpc) is 2.73. The molecular weight excluding hydrogens is 392 g/mol. The highest BCUT2D eigenvalue weighted by Crippen LogP contribution is 2.30. The van der Waals surface area contributed by atoms with Gasteiger partial charge in [-0.2, -0.15) is 0 Å². The Morgan fingerprint density at radius 2 is 1.84 bits per heavy atom. The number of phenols is 1. The molecule has 1 heterocycles. The highest BCUT2D eigenvalue weighted by Gasteiger charge is 2.14. The summed E-state index contributed by atoms with van der Waals surface area (Å²) in [5.74, 6) is 0.977. The van der Waals surface area contributed by atoms with Crippen LogP contribution in [0.1, 0.15) is 33.6 Å². The number of aromatic hydroxyl groups is 1. The Morgan fingerprint density at radius 3 is 2.52 bits per heavy atom. The molecule has 1 aromatic heterocycles. The summed E-state index contributed by atoms with van der Waals surface area (Å²) < 4.78 is 16.6. The summed E-state index contributed by atoms with van der Waals surface area (Å²) in [4.78, 5) is 13.0. The SMILES string of the molecule is COc1cc(O)cc2occ(-c3ccc(OCC=C(C)CCC=C(C)C)cc3)c(=O)c12. The van der Waals surface area contributed by atoms with E-state index in [9.17, 15) is 9.90 Å². The molecule has 0 bridgehead atoms. The lowest BCUT2D eigenvalue weighted by Crippen LogP contribution is -2.06. The molecule has 3 rings (SSSR count). The van der Waals surface area contributed by atoms with Crippen LogP contribution in [0.5, 0.6) is 17.2 Å². The Labute approximate surface area is 182 Å².